The van der Waals surface area contributed by atoms with Gasteiger partial charge in [-0.05, 0) is 13.8 Å². The maximum atomic E-state index is 11.3. The molecule has 106 valence electrons. The van der Waals surface area contributed by atoms with E-state index < -0.39 is 36.7 Å². The van der Waals surface area contributed by atoms with Gasteiger partial charge in [0.25, 0.3) is 0 Å². The van der Waals surface area contributed by atoms with Crippen molar-refractivity contribution in [2.45, 2.75) is 38.3 Å². The second-order valence-electron chi connectivity index (χ2n) is 3.98. The molecule has 2 bridgehead atoms. The largest absolute Gasteiger partial charge is 0.508 e. The molecule has 7 heteroatoms. The first-order valence-electron chi connectivity index (χ1n) is 6.16. The van der Waals surface area contributed by atoms with E-state index in [1.165, 1.54) is 0 Å². The SMILES string of the molecule is CCOC(=O)OC1C2C=CC(O2)C1OC(=O)OCC. The summed E-state index contributed by atoms with van der Waals surface area (Å²) in [6.07, 6.45) is -0.359. The molecule has 0 aromatic heterocycles. The van der Waals surface area contributed by atoms with Crippen LogP contribution in [0.3, 0.4) is 0 Å². The van der Waals surface area contributed by atoms with E-state index >= 15 is 0 Å². The topological polar surface area (TPSA) is 80.3 Å². The molecule has 2 aliphatic heterocycles. The molecule has 1 saturated heterocycles. The Hall–Kier alpha value is -1.76. The van der Waals surface area contributed by atoms with Gasteiger partial charge < -0.3 is 23.7 Å². The van der Waals surface area contributed by atoms with Gasteiger partial charge in [0.2, 0.25) is 0 Å². The molecule has 0 aromatic carbocycles. The second kappa shape index (κ2) is 5.92. The van der Waals surface area contributed by atoms with Crippen molar-refractivity contribution >= 4 is 12.3 Å². The van der Waals surface area contributed by atoms with Gasteiger partial charge in [0.15, 0.2) is 12.2 Å². The summed E-state index contributed by atoms with van der Waals surface area (Å²) in [6, 6.07) is 0. The van der Waals surface area contributed by atoms with Gasteiger partial charge in [-0.3, -0.25) is 0 Å². The average molecular weight is 272 g/mol. The van der Waals surface area contributed by atoms with Crippen molar-refractivity contribution < 1.29 is 33.3 Å². The fourth-order valence-corrected chi connectivity index (χ4v) is 2.03. The molecule has 0 radical (unpaired) electrons. The van der Waals surface area contributed by atoms with Crippen molar-refractivity contribution in [1.29, 1.82) is 0 Å². The lowest BCUT2D eigenvalue weighted by Gasteiger charge is -2.23. The molecule has 7 nitrogen and oxygen atoms in total. The average Bonchev–Trinajstić information content (AvgIpc) is 2.93. The third kappa shape index (κ3) is 2.98. The Labute approximate surface area is 110 Å². The lowest BCUT2D eigenvalue weighted by molar-refractivity contribution is -0.0455. The van der Waals surface area contributed by atoms with Gasteiger partial charge in [-0.15, -0.1) is 0 Å². The monoisotopic (exact) mass is 272 g/mol. The van der Waals surface area contributed by atoms with Gasteiger partial charge in [0.05, 0.1) is 13.2 Å². The lowest BCUT2D eigenvalue weighted by atomic mass is 10.0. The quantitative estimate of drug-likeness (QED) is 0.565. The summed E-state index contributed by atoms with van der Waals surface area (Å²) >= 11 is 0. The molecule has 2 aliphatic rings. The maximum absolute atomic E-state index is 11.3. The summed E-state index contributed by atoms with van der Waals surface area (Å²) in [7, 11) is 0. The molecule has 19 heavy (non-hydrogen) atoms. The van der Waals surface area contributed by atoms with Crippen LogP contribution in [-0.2, 0) is 23.7 Å². The van der Waals surface area contributed by atoms with Gasteiger partial charge in [-0.25, -0.2) is 9.59 Å². The van der Waals surface area contributed by atoms with Gasteiger partial charge in [0.1, 0.15) is 12.2 Å². The van der Waals surface area contributed by atoms with Crippen LogP contribution in [0.15, 0.2) is 12.2 Å². The molecule has 1 fully saturated rings. The van der Waals surface area contributed by atoms with Crippen LogP contribution >= 0.6 is 0 Å². The number of rotatable bonds is 4. The lowest BCUT2D eigenvalue weighted by Crippen LogP contribution is -2.41. The van der Waals surface area contributed by atoms with Gasteiger partial charge in [0, 0.05) is 0 Å². The van der Waals surface area contributed by atoms with Crippen molar-refractivity contribution in [3.8, 4) is 0 Å². The van der Waals surface area contributed by atoms with Crippen LogP contribution in [0.25, 0.3) is 0 Å². The standard InChI is InChI=1S/C12H16O7/c1-3-15-11(13)18-9-7-5-6-8(17-7)10(9)19-12(14)16-4-2/h5-10H,3-4H2,1-2H3. The number of hydrogen-bond acceptors (Lipinski definition) is 7. The Balaban J connectivity index is 1.97. The minimum atomic E-state index is -0.811. The van der Waals surface area contributed by atoms with Gasteiger partial charge in [-0.2, -0.15) is 0 Å². The molecular formula is C12H16O7. The van der Waals surface area contributed by atoms with Crippen LogP contribution in [-0.4, -0.2) is 49.9 Å². The van der Waals surface area contributed by atoms with Crippen molar-refractivity contribution in [2.75, 3.05) is 13.2 Å². The van der Waals surface area contributed by atoms with Crippen LogP contribution in [0.4, 0.5) is 9.59 Å². The Kier molecular flexibility index (Phi) is 4.26. The van der Waals surface area contributed by atoms with Crippen LogP contribution in [0.5, 0.6) is 0 Å². The zero-order valence-electron chi connectivity index (χ0n) is 10.7. The molecule has 0 amide bonds. The number of carbonyl (C=O) groups excluding carboxylic acids is 2. The van der Waals surface area contributed by atoms with Crippen LogP contribution < -0.4 is 0 Å². The van der Waals surface area contributed by atoms with E-state index in [9.17, 15) is 9.59 Å². The highest BCUT2D eigenvalue weighted by molar-refractivity contribution is 5.62. The molecule has 4 atom stereocenters. The molecular weight excluding hydrogens is 256 g/mol. The molecule has 0 N–H and O–H groups in total. The molecule has 0 aromatic rings. The smallest absolute Gasteiger partial charge is 0.435 e. The predicted octanol–water partition coefficient (Wildman–Crippen LogP) is 1.41. The molecule has 2 heterocycles. The van der Waals surface area contributed by atoms with Crippen molar-refractivity contribution in [1.82, 2.24) is 0 Å². The first-order chi connectivity index (χ1) is 9.15. The Morgan fingerprint density at radius 2 is 1.37 bits per heavy atom. The first-order valence-corrected chi connectivity index (χ1v) is 6.16. The zero-order valence-corrected chi connectivity index (χ0v) is 10.7. The minimum Gasteiger partial charge on any atom is -0.435 e. The van der Waals surface area contributed by atoms with Crippen LogP contribution in [0.1, 0.15) is 13.8 Å². The summed E-state index contributed by atoms with van der Waals surface area (Å²) in [5.41, 5.74) is 0. The van der Waals surface area contributed by atoms with E-state index in [-0.39, 0.29) is 13.2 Å². The third-order valence-corrected chi connectivity index (χ3v) is 2.77. The van der Waals surface area contributed by atoms with E-state index in [2.05, 4.69) is 0 Å². The molecule has 0 spiro atoms. The normalized spacial score (nSPS) is 31.1. The predicted molar refractivity (Wildman–Crippen MR) is 61.6 cm³/mol. The Morgan fingerprint density at radius 3 is 1.74 bits per heavy atom. The summed E-state index contributed by atoms with van der Waals surface area (Å²) in [5, 5.41) is 0. The number of hydrogen-bond donors (Lipinski definition) is 0. The van der Waals surface area contributed by atoms with E-state index in [1.807, 2.05) is 0 Å². The van der Waals surface area contributed by atoms with E-state index in [0.29, 0.717) is 0 Å². The van der Waals surface area contributed by atoms with E-state index in [4.69, 9.17) is 23.7 Å². The highest BCUT2D eigenvalue weighted by atomic mass is 16.8. The van der Waals surface area contributed by atoms with Crippen molar-refractivity contribution in [2.24, 2.45) is 0 Å². The Morgan fingerprint density at radius 1 is 0.947 bits per heavy atom. The molecule has 0 saturated carbocycles. The highest BCUT2D eigenvalue weighted by Gasteiger charge is 2.51. The third-order valence-electron chi connectivity index (χ3n) is 2.77. The summed E-state index contributed by atoms with van der Waals surface area (Å²) < 4.78 is 25.1. The van der Waals surface area contributed by atoms with Crippen molar-refractivity contribution in [3.63, 3.8) is 0 Å². The van der Waals surface area contributed by atoms with E-state index in [0.717, 1.165) is 0 Å². The fraction of sp³-hybridized carbons (Fsp3) is 0.667. The summed E-state index contributed by atoms with van der Waals surface area (Å²) in [5.74, 6) is 0. The summed E-state index contributed by atoms with van der Waals surface area (Å²) in [6.45, 7) is 3.76. The molecule has 0 aliphatic carbocycles. The summed E-state index contributed by atoms with van der Waals surface area (Å²) in [4.78, 5) is 22.7. The van der Waals surface area contributed by atoms with Crippen molar-refractivity contribution in [3.05, 3.63) is 12.2 Å². The number of fused-ring (bicyclic) bond motifs is 2. The maximum Gasteiger partial charge on any atom is 0.508 e. The second-order valence-corrected chi connectivity index (χ2v) is 3.98. The number of carbonyl (C=O) groups is 2. The van der Waals surface area contributed by atoms with Gasteiger partial charge >= 0.3 is 12.3 Å². The minimum absolute atomic E-state index is 0.208. The first kappa shape index (κ1) is 13.7. The Bertz CT molecular complexity index is 344. The fourth-order valence-electron chi connectivity index (χ4n) is 2.03. The van der Waals surface area contributed by atoms with Gasteiger partial charge in [-0.1, -0.05) is 12.2 Å². The molecule has 2 rings (SSSR count). The highest BCUT2D eigenvalue weighted by Crippen LogP contribution is 2.33. The van der Waals surface area contributed by atoms with Crippen LogP contribution in [0.2, 0.25) is 0 Å². The molecule has 4 unspecified atom stereocenters. The van der Waals surface area contributed by atoms with E-state index in [1.54, 1.807) is 26.0 Å². The van der Waals surface area contributed by atoms with Crippen LogP contribution in [0, 0.1) is 0 Å². The zero-order chi connectivity index (χ0) is 13.8. The number of ether oxygens (including phenoxy) is 5.